The Balaban J connectivity index is 1.13. The Labute approximate surface area is 208 Å². The highest BCUT2D eigenvalue weighted by Gasteiger charge is 2.46. The maximum Gasteiger partial charge on any atom is 0.163 e. The van der Waals surface area contributed by atoms with Crippen LogP contribution in [0.25, 0.3) is 16.6 Å². The summed E-state index contributed by atoms with van der Waals surface area (Å²) in [6.45, 7) is 1.88. The van der Waals surface area contributed by atoms with Crippen LogP contribution in [0, 0.1) is 11.8 Å². The van der Waals surface area contributed by atoms with E-state index in [4.69, 9.17) is 14.5 Å². The summed E-state index contributed by atoms with van der Waals surface area (Å²) in [5, 5.41) is 11.5. The summed E-state index contributed by atoms with van der Waals surface area (Å²) in [6.07, 6.45) is 8.26. The Hall–Kier alpha value is -2.83. The first-order chi connectivity index (χ1) is 17.0. The number of methoxy groups -OCH3 is 2. The quantitative estimate of drug-likeness (QED) is 0.428. The number of imidazole rings is 1. The van der Waals surface area contributed by atoms with Crippen molar-refractivity contribution in [2.24, 2.45) is 11.8 Å². The number of nitrogens with one attached hydrogen (secondary N) is 1. The maximum absolute atomic E-state index is 11.5. The van der Waals surface area contributed by atoms with E-state index in [9.17, 15) is 5.11 Å². The summed E-state index contributed by atoms with van der Waals surface area (Å²) in [7, 11) is 5.44. The van der Waals surface area contributed by atoms with Gasteiger partial charge in [0.25, 0.3) is 0 Å². The van der Waals surface area contributed by atoms with Crippen LogP contribution in [0.15, 0.2) is 48.5 Å². The number of hydrogen-bond acceptors (Lipinski definition) is 5. The van der Waals surface area contributed by atoms with E-state index in [1.54, 1.807) is 14.2 Å². The topological polar surface area (TPSA) is 70.6 Å². The van der Waals surface area contributed by atoms with Crippen LogP contribution in [0.2, 0.25) is 0 Å². The second kappa shape index (κ2) is 10.0. The van der Waals surface area contributed by atoms with Gasteiger partial charge in [-0.1, -0.05) is 36.4 Å². The number of H-pyrrole nitrogens is 1. The molecule has 0 amide bonds. The molecule has 0 radical (unpaired) electrons. The molecule has 3 aliphatic carbocycles. The number of ether oxygens (including phenoxy) is 2. The molecule has 2 aromatic carbocycles. The normalized spacial score (nSPS) is 23.6. The van der Waals surface area contributed by atoms with Crippen LogP contribution in [0.3, 0.4) is 0 Å². The molecule has 1 aromatic heterocycles. The van der Waals surface area contributed by atoms with Gasteiger partial charge in [0.2, 0.25) is 0 Å². The summed E-state index contributed by atoms with van der Waals surface area (Å²) in [5.41, 5.74) is 4.04. The zero-order valence-corrected chi connectivity index (χ0v) is 21.1. The molecule has 3 unspecified atom stereocenters. The molecule has 1 fully saturated rings. The van der Waals surface area contributed by atoms with E-state index >= 15 is 0 Å². The van der Waals surface area contributed by atoms with Gasteiger partial charge >= 0.3 is 0 Å². The van der Waals surface area contributed by atoms with Gasteiger partial charge in [0.1, 0.15) is 5.82 Å². The molecule has 35 heavy (non-hydrogen) atoms. The predicted molar refractivity (Wildman–Crippen MR) is 140 cm³/mol. The maximum atomic E-state index is 11.5. The van der Waals surface area contributed by atoms with E-state index in [0.717, 1.165) is 62.1 Å². The molecular formula is C29H37N3O3. The number of aromatic amines is 1. The van der Waals surface area contributed by atoms with E-state index < -0.39 is 5.60 Å². The van der Waals surface area contributed by atoms with Gasteiger partial charge < -0.3 is 24.5 Å². The molecule has 6 rings (SSSR count). The Morgan fingerprint density at radius 3 is 2.57 bits per heavy atom. The van der Waals surface area contributed by atoms with E-state index in [1.807, 2.05) is 12.1 Å². The third-order valence-electron chi connectivity index (χ3n) is 7.96. The molecule has 1 saturated carbocycles. The van der Waals surface area contributed by atoms with Crippen molar-refractivity contribution in [2.75, 3.05) is 34.4 Å². The highest BCUT2D eigenvalue weighted by atomic mass is 16.5. The number of allylic oxidation sites excluding steroid dienone is 1. The fourth-order valence-corrected chi connectivity index (χ4v) is 5.96. The number of rotatable bonds is 10. The molecule has 0 aliphatic heterocycles. The van der Waals surface area contributed by atoms with Crippen molar-refractivity contribution in [2.45, 2.75) is 44.1 Å². The van der Waals surface area contributed by atoms with Gasteiger partial charge in [-0.05, 0) is 62.8 Å². The molecule has 0 saturated heterocycles. The highest BCUT2D eigenvalue weighted by Crippen LogP contribution is 2.51. The van der Waals surface area contributed by atoms with Crippen LogP contribution in [-0.2, 0) is 6.42 Å². The minimum Gasteiger partial charge on any atom is -0.493 e. The zero-order chi connectivity index (χ0) is 24.4. The fraction of sp³-hybridized carbons (Fsp3) is 0.483. The van der Waals surface area contributed by atoms with Crippen molar-refractivity contribution >= 4 is 16.6 Å². The first-order valence-electron chi connectivity index (χ1n) is 12.8. The molecule has 186 valence electrons. The molecule has 0 spiro atoms. The Bertz CT molecular complexity index is 1150. The van der Waals surface area contributed by atoms with Crippen molar-refractivity contribution in [3.63, 3.8) is 0 Å². The standard InChI is InChI=1S/C29H37N3O3/c1-32(14-7-10-28-30-24-17-26(34-2)27(35-3)18-25(24)31-28)15-13-29(33)19-21-11-12-22(29)16-23(21)20-8-5-4-6-9-20/h4-6,8-9,16-18,21-22,33H,7,10-15,19H2,1-3H3,(H,30,31). The molecule has 6 nitrogen and oxygen atoms in total. The minimum atomic E-state index is -0.577. The predicted octanol–water partition coefficient (Wildman–Crippen LogP) is 5.08. The van der Waals surface area contributed by atoms with Crippen molar-refractivity contribution in [1.29, 1.82) is 0 Å². The van der Waals surface area contributed by atoms with E-state index in [1.165, 1.54) is 17.6 Å². The third kappa shape index (κ3) is 4.95. The average molecular weight is 476 g/mol. The molecule has 1 heterocycles. The first-order valence-corrected chi connectivity index (χ1v) is 12.8. The molecular weight excluding hydrogens is 438 g/mol. The lowest BCUT2D eigenvalue weighted by molar-refractivity contribution is -0.0574. The lowest BCUT2D eigenvalue weighted by Crippen LogP contribution is -2.48. The van der Waals surface area contributed by atoms with Gasteiger partial charge in [-0.25, -0.2) is 4.98 Å². The molecule has 2 bridgehead atoms. The number of benzene rings is 2. The van der Waals surface area contributed by atoms with Crippen molar-refractivity contribution in [1.82, 2.24) is 14.9 Å². The lowest BCUT2D eigenvalue weighted by atomic mass is 9.61. The number of hydrogen-bond donors (Lipinski definition) is 2. The van der Waals surface area contributed by atoms with Crippen LogP contribution in [-0.4, -0.2) is 59.9 Å². The molecule has 6 heteroatoms. The molecule has 3 atom stereocenters. The smallest absolute Gasteiger partial charge is 0.163 e. The molecule has 3 aliphatic rings. The number of fused-ring (bicyclic) bond motifs is 3. The zero-order valence-electron chi connectivity index (χ0n) is 21.1. The Morgan fingerprint density at radius 2 is 1.86 bits per heavy atom. The van der Waals surface area contributed by atoms with Crippen LogP contribution in [0.1, 0.15) is 43.5 Å². The summed E-state index contributed by atoms with van der Waals surface area (Å²) in [6, 6.07) is 14.5. The number of aromatic nitrogens is 2. The van der Waals surface area contributed by atoms with Gasteiger partial charge in [0.15, 0.2) is 11.5 Å². The Morgan fingerprint density at radius 1 is 1.09 bits per heavy atom. The van der Waals surface area contributed by atoms with Crippen molar-refractivity contribution < 1.29 is 14.6 Å². The SMILES string of the molecule is COc1cc2nc(CCCN(C)CCC3(O)CC4CCC3C=C4c3ccccc3)[nH]c2cc1OC. The van der Waals surface area contributed by atoms with Crippen molar-refractivity contribution in [3.8, 4) is 11.5 Å². The summed E-state index contributed by atoms with van der Waals surface area (Å²) < 4.78 is 10.8. The van der Waals surface area contributed by atoms with Crippen LogP contribution in [0.4, 0.5) is 0 Å². The minimum absolute atomic E-state index is 0.264. The van der Waals surface area contributed by atoms with E-state index in [0.29, 0.717) is 17.4 Å². The summed E-state index contributed by atoms with van der Waals surface area (Å²) in [4.78, 5) is 10.5. The average Bonchev–Trinajstić information content (AvgIpc) is 3.29. The second-order valence-electron chi connectivity index (χ2n) is 10.2. The number of aliphatic hydroxyl groups is 1. The van der Waals surface area contributed by atoms with Crippen LogP contribution < -0.4 is 9.47 Å². The van der Waals surface area contributed by atoms with Gasteiger partial charge in [0.05, 0.1) is 30.9 Å². The van der Waals surface area contributed by atoms with Crippen LogP contribution in [0.5, 0.6) is 11.5 Å². The van der Waals surface area contributed by atoms with Gasteiger partial charge in [0, 0.05) is 31.0 Å². The van der Waals surface area contributed by atoms with Gasteiger partial charge in [-0.3, -0.25) is 0 Å². The van der Waals surface area contributed by atoms with Gasteiger partial charge in [-0.2, -0.15) is 0 Å². The van der Waals surface area contributed by atoms with Crippen molar-refractivity contribution in [3.05, 3.63) is 59.9 Å². The monoisotopic (exact) mass is 475 g/mol. The summed E-state index contributed by atoms with van der Waals surface area (Å²) >= 11 is 0. The lowest BCUT2D eigenvalue weighted by Gasteiger charge is -2.48. The van der Waals surface area contributed by atoms with E-state index in [-0.39, 0.29) is 5.92 Å². The van der Waals surface area contributed by atoms with Crippen LogP contribution >= 0.6 is 0 Å². The highest BCUT2D eigenvalue weighted by molar-refractivity contribution is 5.79. The van der Waals surface area contributed by atoms with Gasteiger partial charge in [-0.15, -0.1) is 0 Å². The number of aryl methyl sites for hydroxylation is 1. The molecule has 3 aromatic rings. The summed E-state index contributed by atoms with van der Waals surface area (Å²) in [5.74, 6) is 3.11. The second-order valence-corrected chi connectivity index (χ2v) is 10.2. The largest absolute Gasteiger partial charge is 0.493 e. The Kier molecular flexibility index (Phi) is 6.85. The molecule has 2 N–H and O–H groups in total. The number of nitrogens with zero attached hydrogens (tertiary/aromatic N) is 2. The third-order valence-corrected chi connectivity index (χ3v) is 7.96. The first kappa shape index (κ1) is 23.9. The van der Waals surface area contributed by atoms with E-state index in [2.05, 4.69) is 53.3 Å². The fourth-order valence-electron chi connectivity index (χ4n) is 5.96.